The predicted molar refractivity (Wildman–Crippen MR) is 114 cm³/mol. The van der Waals surface area contributed by atoms with Gasteiger partial charge < -0.3 is 20.1 Å². The molecular formula is C21H20BrClF2N2O3. The maximum absolute atomic E-state index is 14.2. The van der Waals surface area contributed by atoms with E-state index in [-0.39, 0.29) is 41.2 Å². The first-order chi connectivity index (χ1) is 14.3. The molecule has 2 aromatic rings. The number of carbonyl (C=O) groups excluding carboxylic acids is 1. The molecule has 2 N–H and O–H groups in total. The Balaban J connectivity index is 1.44. The summed E-state index contributed by atoms with van der Waals surface area (Å²) < 4.78 is 34.9. The Kier molecular flexibility index (Phi) is 5.92. The maximum atomic E-state index is 14.2. The molecule has 0 radical (unpaired) electrons. The second kappa shape index (κ2) is 8.32. The number of halogens is 4. The van der Waals surface area contributed by atoms with Crippen LogP contribution in [0.3, 0.4) is 0 Å². The quantitative estimate of drug-likeness (QED) is 0.639. The van der Waals surface area contributed by atoms with Gasteiger partial charge in [0.2, 0.25) is 5.91 Å². The van der Waals surface area contributed by atoms with Gasteiger partial charge in [0, 0.05) is 35.6 Å². The van der Waals surface area contributed by atoms with Crippen molar-refractivity contribution in [3.8, 4) is 5.75 Å². The van der Waals surface area contributed by atoms with Crippen LogP contribution in [-0.2, 0) is 11.2 Å². The lowest BCUT2D eigenvalue weighted by molar-refractivity contribution is -0.116. The number of hydrogen-bond donors (Lipinski definition) is 2. The third-order valence-corrected chi connectivity index (χ3v) is 6.46. The summed E-state index contributed by atoms with van der Waals surface area (Å²) in [5.41, 5.74) is 0.226. The van der Waals surface area contributed by atoms with Crippen LogP contribution in [0.2, 0.25) is 5.02 Å². The molecular weight excluding hydrogens is 482 g/mol. The molecule has 0 spiro atoms. The number of piperidine rings is 1. The average molecular weight is 502 g/mol. The lowest BCUT2D eigenvalue weighted by Crippen LogP contribution is -2.48. The molecule has 1 amide bonds. The molecule has 2 aromatic carbocycles. The number of anilines is 2. The molecule has 0 bridgehead atoms. The second-order valence-corrected chi connectivity index (χ2v) is 8.96. The fourth-order valence-electron chi connectivity index (χ4n) is 3.85. The lowest BCUT2D eigenvalue weighted by atomic mass is 9.92. The summed E-state index contributed by atoms with van der Waals surface area (Å²) in [5, 5.41) is 13.4. The summed E-state index contributed by atoms with van der Waals surface area (Å²) in [7, 11) is 0. The van der Waals surface area contributed by atoms with E-state index in [9.17, 15) is 18.7 Å². The van der Waals surface area contributed by atoms with Crippen molar-refractivity contribution in [2.45, 2.75) is 31.3 Å². The first kappa shape index (κ1) is 21.3. The molecule has 1 fully saturated rings. The van der Waals surface area contributed by atoms with Gasteiger partial charge in [-0.2, -0.15) is 0 Å². The molecule has 5 nitrogen and oxygen atoms in total. The van der Waals surface area contributed by atoms with Crippen molar-refractivity contribution in [1.82, 2.24) is 0 Å². The van der Waals surface area contributed by atoms with Gasteiger partial charge in [0.1, 0.15) is 34.6 Å². The Labute approximate surface area is 186 Å². The Hall–Kier alpha value is -1.90. The zero-order valence-electron chi connectivity index (χ0n) is 16.0. The highest BCUT2D eigenvalue weighted by molar-refractivity contribution is 9.10. The van der Waals surface area contributed by atoms with Crippen LogP contribution in [-0.4, -0.2) is 36.3 Å². The minimum absolute atomic E-state index is 0.0366. The number of ether oxygens (including phenoxy) is 1. The van der Waals surface area contributed by atoms with E-state index in [4.69, 9.17) is 16.3 Å². The number of amides is 1. The highest BCUT2D eigenvalue weighted by Crippen LogP contribution is 2.40. The van der Waals surface area contributed by atoms with E-state index in [0.717, 1.165) is 0 Å². The number of fused-ring (bicyclic) bond motifs is 1. The average Bonchev–Trinajstić information content (AvgIpc) is 2.71. The number of nitrogens with zero attached hydrogens (tertiary/aromatic N) is 1. The summed E-state index contributed by atoms with van der Waals surface area (Å²) in [4.78, 5) is 13.5. The van der Waals surface area contributed by atoms with Gasteiger partial charge in [0.15, 0.2) is 0 Å². The van der Waals surface area contributed by atoms with Gasteiger partial charge in [-0.3, -0.25) is 4.79 Å². The van der Waals surface area contributed by atoms with E-state index in [2.05, 4.69) is 21.2 Å². The Morgan fingerprint density at radius 2 is 1.93 bits per heavy atom. The predicted octanol–water partition coefficient (Wildman–Crippen LogP) is 4.68. The number of hydrogen-bond acceptors (Lipinski definition) is 4. The molecule has 4 rings (SSSR count). The zero-order chi connectivity index (χ0) is 21.5. The molecule has 2 heterocycles. The van der Waals surface area contributed by atoms with Crippen molar-refractivity contribution in [1.29, 1.82) is 0 Å². The lowest BCUT2D eigenvalue weighted by Gasteiger charge is -2.39. The topological polar surface area (TPSA) is 61.8 Å². The zero-order valence-corrected chi connectivity index (χ0v) is 18.3. The molecule has 0 aromatic heterocycles. The molecule has 2 aliphatic rings. The third-order valence-electron chi connectivity index (χ3n) is 5.59. The highest BCUT2D eigenvalue weighted by Gasteiger charge is 2.35. The van der Waals surface area contributed by atoms with Gasteiger partial charge in [-0.25, -0.2) is 8.78 Å². The largest absolute Gasteiger partial charge is 0.490 e. The molecule has 0 unspecified atom stereocenters. The summed E-state index contributed by atoms with van der Waals surface area (Å²) in [5.74, 6) is -0.981. The summed E-state index contributed by atoms with van der Waals surface area (Å²) in [6.07, 6.45) is 1.38. The van der Waals surface area contributed by atoms with Crippen molar-refractivity contribution in [2.75, 3.05) is 29.9 Å². The van der Waals surface area contributed by atoms with Gasteiger partial charge in [-0.05, 0) is 37.5 Å². The SMILES string of the molecule is O=C1CCc2c(OCC3(O)CCN(c4ccc(Br)cc4F)CC3)cc(F)c(Cl)c2N1. The summed E-state index contributed by atoms with van der Waals surface area (Å²) >= 11 is 9.23. The first-order valence-electron chi connectivity index (χ1n) is 9.62. The van der Waals surface area contributed by atoms with Crippen LogP contribution < -0.4 is 15.0 Å². The normalized spacial score (nSPS) is 18.0. The van der Waals surface area contributed by atoms with Crippen molar-refractivity contribution < 1.29 is 23.4 Å². The van der Waals surface area contributed by atoms with Crippen LogP contribution >= 0.6 is 27.5 Å². The Bertz CT molecular complexity index is 997. The molecule has 2 aliphatic heterocycles. The number of benzene rings is 2. The molecule has 160 valence electrons. The number of carbonyl (C=O) groups is 1. The first-order valence-corrected chi connectivity index (χ1v) is 10.8. The van der Waals surface area contributed by atoms with Crippen LogP contribution in [0.25, 0.3) is 0 Å². The monoisotopic (exact) mass is 500 g/mol. The minimum Gasteiger partial charge on any atom is -0.490 e. The van der Waals surface area contributed by atoms with Crippen molar-refractivity contribution in [2.24, 2.45) is 0 Å². The number of aliphatic hydroxyl groups is 1. The van der Waals surface area contributed by atoms with E-state index < -0.39 is 11.4 Å². The number of rotatable bonds is 4. The molecule has 0 aliphatic carbocycles. The van der Waals surface area contributed by atoms with Gasteiger partial charge >= 0.3 is 0 Å². The Morgan fingerprint density at radius 3 is 2.63 bits per heavy atom. The molecule has 9 heteroatoms. The van der Waals surface area contributed by atoms with Crippen LogP contribution in [0.5, 0.6) is 5.75 Å². The van der Waals surface area contributed by atoms with Crippen molar-refractivity contribution in [3.05, 3.63) is 51.0 Å². The third kappa shape index (κ3) is 4.26. The van der Waals surface area contributed by atoms with Gasteiger partial charge in [-0.15, -0.1) is 0 Å². The van der Waals surface area contributed by atoms with Crippen LogP contribution in [0.1, 0.15) is 24.8 Å². The number of nitrogens with one attached hydrogen (secondary N) is 1. The highest BCUT2D eigenvalue weighted by atomic mass is 79.9. The fraction of sp³-hybridized carbons (Fsp3) is 0.381. The van der Waals surface area contributed by atoms with E-state index in [0.29, 0.717) is 48.1 Å². The van der Waals surface area contributed by atoms with E-state index in [1.165, 1.54) is 12.1 Å². The van der Waals surface area contributed by atoms with Crippen LogP contribution in [0.4, 0.5) is 20.2 Å². The summed E-state index contributed by atoms with van der Waals surface area (Å²) in [6, 6.07) is 6.08. The molecule has 30 heavy (non-hydrogen) atoms. The Morgan fingerprint density at radius 1 is 1.20 bits per heavy atom. The van der Waals surface area contributed by atoms with Crippen molar-refractivity contribution >= 4 is 44.8 Å². The molecule has 0 atom stereocenters. The summed E-state index contributed by atoms with van der Waals surface area (Å²) in [6.45, 7) is 0.883. The molecule has 1 saturated heterocycles. The van der Waals surface area contributed by atoms with Gasteiger partial charge in [0.05, 0.1) is 11.4 Å². The minimum atomic E-state index is -1.12. The smallest absolute Gasteiger partial charge is 0.224 e. The van der Waals surface area contributed by atoms with Gasteiger partial charge in [-0.1, -0.05) is 27.5 Å². The van der Waals surface area contributed by atoms with E-state index in [1.807, 2.05) is 4.90 Å². The second-order valence-electron chi connectivity index (χ2n) is 7.67. The van der Waals surface area contributed by atoms with Crippen LogP contribution in [0, 0.1) is 11.6 Å². The van der Waals surface area contributed by atoms with E-state index in [1.54, 1.807) is 12.1 Å². The maximum Gasteiger partial charge on any atom is 0.224 e. The standard InChI is InChI=1S/C21H20BrClF2N2O3/c22-12-1-3-16(14(24)9-12)27-7-5-21(29,6-8-27)11-30-17-10-15(25)19(23)20-13(17)2-4-18(28)26-20/h1,3,9-10,29H,2,4-8,11H2,(H,26,28). The van der Waals surface area contributed by atoms with E-state index >= 15 is 0 Å². The van der Waals surface area contributed by atoms with Crippen molar-refractivity contribution in [3.63, 3.8) is 0 Å². The van der Waals surface area contributed by atoms with Crippen LogP contribution in [0.15, 0.2) is 28.7 Å². The van der Waals surface area contributed by atoms with Gasteiger partial charge in [0.25, 0.3) is 0 Å². The molecule has 0 saturated carbocycles. The fourth-order valence-corrected chi connectivity index (χ4v) is 4.40.